The van der Waals surface area contributed by atoms with E-state index >= 15 is 0 Å². The van der Waals surface area contributed by atoms with Gasteiger partial charge in [-0.25, -0.2) is 4.98 Å². The molecule has 4 heteroatoms. The average molecular weight is 356 g/mol. The fourth-order valence-electron chi connectivity index (χ4n) is 3.00. The third kappa shape index (κ3) is 3.60. The summed E-state index contributed by atoms with van der Waals surface area (Å²) in [5.74, 6) is 0.454. The number of anilines is 1. The van der Waals surface area contributed by atoms with E-state index in [1.54, 1.807) is 6.07 Å². The van der Waals surface area contributed by atoms with E-state index in [0.717, 1.165) is 34.3 Å². The quantitative estimate of drug-likeness (QED) is 0.516. The maximum absolute atomic E-state index is 12.4. The minimum atomic E-state index is -0.125. The Morgan fingerprint density at radius 2 is 1.85 bits per heavy atom. The Kier molecular flexibility index (Phi) is 4.47. The van der Waals surface area contributed by atoms with E-state index in [9.17, 15) is 4.79 Å². The van der Waals surface area contributed by atoms with E-state index in [1.807, 2.05) is 55.5 Å². The molecule has 27 heavy (non-hydrogen) atoms. The van der Waals surface area contributed by atoms with Gasteiger partial charge in [-0.2, -0.15) is 0 Å². The number of benzene rings is 3. The Morgan fingerprint density at radius 1 is 1.04 bits per heavy atom. The highest BCUT2D eigenvalue weighted by Crippen LogP contribution is 2.26. The van der Waals surface area contributed by atoms with E-state index in [-0.39, 0.29) is 5.91 Å². The Bertz CT molecular complexity index is 1110. The number of hydrogen-bond donors (Lipinski definition) is 1. The van der Waals surface area contributed by atoms with Crippen molar-refractivity contribution < 1.29 is 9.21 Å². The van der Waals surface area contributed by atoms with Crippen LogP contribution in [0.5, 0.6) is 0 Å². The lowest BCUT2D eigenvalue weighted by atomic mass is 10.1. The van der Waals surface area contributed by atoms with Gasteiger partial charge in [-0.05, 0) is 67.4 Å². The third-order valence-electron chi connectivity index (χ3n) is 4.53. The van der Waals surface area contributed by atoms with Crippen LogP contribution >= 0.6 is 0 Å². The van der Waals surface area contributed by atoms with Crippen LogP contribution in [0, 0.1) is 6.92 Å². The van der Waals surface area contributed by atoms with Gasteiger partial charge in [0.05, 0.1) is 0 Å². The fraction of sp³-hybridized carbons (Fsp3) is 0.130. The minimum absolute atomic E-state index is 0.125. The number of carbonyl (C=O) groups is 1. The smallest absolute Gasteiger partial charge is 0.255 e. The largest absolute Gasteiger partial charge is 0.436 e. The summed E-state index contributed by atoms with van der Waals surface area (Å²) in [6.45, 7) is 4.08. The zero-order valence-electron chi connectivity index (χ0n) is 15.3. The molecule has 1 aromatic heterocycles. The van der Waals surface area contributed by atoms with E-state index in [2.05, 4.69) is 29.4 Å². The van der Waals surface area contributed by atoms with Crippen molar-refractivity contribution in [2.75, 3.05) is 5.32 Å². The maximum Gasteiger partial charge on any atom is 0.255 e. The van der Waals surface area contributed by atoms with Crippen molar-refractivity contribution in [1.29, 1.82) is 0 Å². The molecule has 0 bridgehead atoms. The highest BCUT2D eigenvalue weighted by Gasteiger charge is 2.10. The molecule has 134 valence electrons. The molecule has 1 amide bonds. The topological polar surface area (TPSA) is 55.1 Å². The van der Waals surface area contributed by atoms with Crippen LogP contribution in [0.15, 0.2) is 71.1 Å². The van der Waals surface area contributed by atoms with E-state index < -0.39 is 0 Å². The molecule has 0 aliphatic carbocycles. The standard InChI is InChI=1S/C23H20N2O2/c1-3-16-7-12-21-20(14-16)25-23(27-21)17-8-10-19(11-9-17)24-22(26)18-6-4-5-15(2)13-18/h4-14H,3H2,1-2H3,(H,24,26). The summed E-state index contributed by atoms with van der Waals surface area (Å²) in [6, 6.07) is 21.1. The van der Waals surface area contributed by atoms with Gasteiger partial charge in [0.25, 0.3) is 5.91 Å². The minimum Gasteiger partial charge on any atom is -0.436 e. The van der Waals surface area contributed by atoms with Crippen LogP contribution in [0.25, 0.3) is 22.6 Å². The predicted octanol–water partition coefficient (Wildman–Crippen LogP) is 5.62. The van der Waals surface area contributed by atoms with E-state index in [0.29, 0.717) is 11.5 Å². The van der Waals surface area contributed by atoms with Gasteiger partial charge in [0.1, 0.15) is 5.52 Å². The molecule has 4 aromatic rings. The summed E-state index contributed by atoms with van der Waals surface area (Å²) >= 11 is 0. The van der Waals surface area contributed by atoms with Crippen molar-refractivity contribution in [3.63, 3.8) is 0 Å². The van der Waals surface area contributed by atoms with Gasteiger partial charge < -0.3 is 9.73 Å². The highest BCUT2D eigenvalue weighted by atomic mass is 16.3. The molecule has 0 atom stereocenters. The molecule has 1 heterocycles. The van der Waals surface area contributed by atoms with Gasteiger partial charge in [-0.15, -0.1) is 0 Å². The first-order valence-corrected chi connectivity index (χ1v) is 9.00. The SMILES string of the molecule is CCc1ccc2oc(-c3ccc(NC(=O)c4cccc(C)c4)cc3)nc2c1. The number of fused-ring (bicyclic) bond motifs is 1. The lowest BCUT2D eigenvalue weighted by molar-refractivity contribution is 0.102. The molecule has 0 fully saturated rings. The average Bonchev–Trinajstić information content (AvgIpc) is 3.11. The fourth-order valence-corrected chi connectivity index (χ4v) is 3.00. The van der Waals surface area contributed by atoms with Gasteiger partial charge in [-0.1, -0.05) is 30.7 Å². The van der Waals surface area contributed by atoms with E-state index in [4.69, 9.17) is 4.42 Å². The number of oxazole rings is 1. The van der Waals surface area contributed by atoms with Crippen LogP contribution in [-0.4, -0.2) is 10.9 Å². The van der Waals surface area contributed by atoms with Crippen LogP contribution in [0.1, 0.15) is 28.4 Å². The Morgan fingerprint density at radius 3 is 2.59 bits per heavy atom. The van der Waals surface area contributed by atoms with Crippen LogP contribution < -0.4 is 5.32 Å². The first kappa shape index (κ1) is 17.0. The number of amides is 1. The molecule has 4 rings (SSSR count). The monoisotopic (exact) mass is 356 g/mol. The second-order valence-corrected chi connectivity index (χ2v) is 6.58. The molecule has 0 radical (unpaired) electrons. The zero-order chi connectivity index (χ0) is 18.8. The number of nitrogens with zero attached hydrogens (tertiary/aromatic N) is 1. The summed E-state index contributed by atoms with van der Waals surface area (Å²) in [7, 11) is 0. The van der Waals surface area contributed by atoms with Crippen molar-refractivity contribution in [1.82, 2.24) is 4.98 Å². The first-order valence-electron chi connectivity index (χ1n) is 9.00. The molecule has 4 nitrogen and oxygen atoms in total. The molecule has 0 unspecified atom stereocenters. The molecule has 0 spiro atoms. The molecule has 0 saturated carbocycles. The molecule has 0 aliphatic heterocycles. The van der Waals surface area contributed by atoms with Crippen molar-refractivity contribution in [2.24, 2.45) is 0 Å². The molecule has 3 aromatic carbocycles. The number of nitrogens with one attached hydrogen (secondary N) is 1. The zero-order valence-corrected chi connectivity index (χ0v) is 15.3. The summed E-state index contributed by atoms with van der Waals surface area (Å²) in [6.07, 6.45) is 0.966. The molecule has 0 aliphatic rings. The molecule has 0 saturated heterocycles. The summed E-state index contributed by atoms with van der Waals surface area (Å²) in [5, 5.41) is 2.92. The maximum atomic E-state index is 12.4. The number of carbonyl (C=O) groups excluding carboxylic acids is 1. The third-order valence-corrected chi connectivity index (χ3v) is 4.53. The molecule has 1 N–H and O–H groups in total. The lowest BCUT2D eigenvalue weighted by Crippen LogP contribution is -2.11. The summed E-state index contributed by atoms with van der Waals surface area (Å²) < 4.78 is 5.86. The molecular formula is C23H20N2O2. The number of hydrogen-bond acceptors (Lipinski definition) is 3. The van der Waals surface area contributed by atoms with Gasteiger partial charge in [0.15, 0.2) is 5.58 Å². The Hall–Kier alpha value is -3.40. The Labute approximate surface area is 157 Å². The van der Waals surface area contributed by atoms with E-state index in [1.165, 1.54) is 5.56 Å². The summed E-state index contributed by atoms with van der Waals surface area (Å²) in [5.41, 5.74) is 6.18. The second kappa shape index (κ2) is 7.08. The van der Waals surface area contributed by atoms with Gasteiger partial charge in [0.2, 0.25) is 5.89 Å². The predicted molar refractivity (Wildman–Crippen MR) is 108 cm³/mol. The lowest BCUT2D eigenvalue weighted by Gasteiger charge is -2.06. The van der Waals surface area contributed by atoms with Crippen molar-refractivity contribution in [3.8, 4) is 11.5 Å². The number of rotatable bonds is 4. The van der Waals surface area contributed by atoms with Gasteiger partial charge in [0, 0.05) is 16.8 Å². The van der Waals surface area contributed by atoms with Crippen molar-refractivity contribution in [2.45, 2.75) is 20.3 Å². The van der Waals surface area contributed by atoms with Gasteiger partial charge in [-0.3, -0.25) is 4.79 Å². The second-order valence-electron chi connectivity index (χ2n) is 6.58. The van der Waals surface area contributed by atoms with Crippen LogP contribution in [-0.2, 0) is 6.42 Å². The molecular weight excluding hydrogens is 336 g/mol. The van der Waals surface area contributed by atoms with Crippen LogP contribution in [0.2, 0.25) is 0 Å². The van der Waals surface area contributed by atoms with Crippen molar-refractivity contribution in [3.05, 3.63) is 83.4 Å². The first-order chi connectivity index (χ1) is 13.1. The normalized spacial score (nSPS) is 10.9. The van der Waals surface area contributed by atoms with Crippen molar-refractivity contribution >= 4 is 22.7 Å². The van der Waals surface area contributed by atoms with Crippen LogP contribution in [0.4, 0.5) is 5.69 Å². The summed E-state index contributed by atoms with van der Waals surface area (Å²) in [4.78, 5) is 16.9. The number of aryl methyl sites for hydroxylation is 2. The van der Waals surface area contributed by atoms with Gasteiger partial charge >= 0.3 is 0 Å². The number of aromatic nitrogens is 1. The Balaban J connectivity index is 1.54. The van der Waals surface area contributed by atoms with Crippen LogP contribution in [0.3, 0.4) is 0 Å². The highest BCUT2D eigenvalue weighted by molar-refractivity contribution is 6.04.